The van der Waals surface area contributed by atoms with Gasteiger partial charge in [-0.3, -0.25) is 0 Å². The van der Waals surface area contributed by atoms with Crippen molar-refractivity contribution in [2.45, 2.75) is 24.7 Å². The van der Waals surface area contributed by atoms with E-state index >= 15 is 0 Å². The normalized spacial score (nSPS) is 15.1. The number of nitriles is 1. The number of benzene rings is 2. The van der Waals surface area contributed by atoms with Gasteiger partial charge in [-0.2, -0.15) is 13.7 Å². The molecule has 7 heteroatoms. The fourth-order valence-corrected chi connectivity index (χ4v) is 3.61. The van der Waals surface area contributed by atoms with Crippen LogP contribution < -0.4 is 8.92 Å². The maximum Gasteiger partial charge on any atom is 0.340 e. The number of aryl methyl sites for hydroxylation is 1. The van der Waals surface area contributed by atoms with Crippen molar-refractivity contribution in [1.29, 1.82) is 5.26 Å². The molecule has 0 spiro atoms. The Morgan fingerprint density at radius 3 is 2.50 bits per heavy atom. The fraction of sp³-hybridized carbons (Fsp3) is 0.316. The predicted molar refractivity (Wildman–Crippen MR) is 92.9 cm³/mol. The number of ether oxygens (including phenoxy) is 1. The van der Waals surface area contributed by atoms with Crippen molar-refractivity contribution >= 4 is 10.1 Å². The van der Waals surface area contributed by atoms with Gasteiger partial charge in [-0.05, 0) is 49.6 Å². The Morgan fingerprint density at radius 2 is 1.85 bits per heavy atom. The molecule has 0 atom stereocenters. The molecule has 1 aliphatic carbocycles. The average Bonchev–Trinajstić information content (AvgIpc) is 3.40. The molecule has 1 aliphatic rings. The monoisotopic (exact) mass is 372 g/mol. The van der Waals surface area contributed by atoms with E-state index in [0.29, 0.717) is 12.4 Å². The zero-order valence-electron chi connectivity index (χ0n) is 14.3. The summed E-state index contributed by atoms with van der Waals surface area (Å²) >= 11 is 0. The van der Waals surface area contributed by atoms with Gasteiger partial charge in [0.1, 0.15) is 22.5 Å². The first-order chi connectivity index (χ1) is 12.4. The van der Waals surface area contributed by atoms with Crippen LogP contribution in [0.2, 0.25) is 0 Å². The van der Waals surface area contributed by atoms with Crippen molar-refractivity contribution in [3.8, 4) is 17.6 Å². The minimum Gasteiger partial charge on any atom is -0.493 e. The van der Waals surface area contributed by atoms with Crippen molar-refractivity contribution in [2.75, 3.05) is 13.2 Å². The summed E-state index contributed by atoms with van der Waals surface area (Å²) in [6.45, 7) is 1.92. The van der Waals surface area contributed by atoms with Crippen LogP contribution in [0.1, 0.15) is 24.0 Å². The molecule has 3 rings (SSSR count). The summed E-state index contributed by atoms with van der Waals surface area (Å²) in [4.78, 5) is -0.185. The van der Waals surface area contributed by atoms with Gasteiger partial charge in [-0.25, -0.2) is 5.11 Å². The lowest BCUT2D eigenvalue weighted by molar-refractivity contribution is 0.0949. The molecule has 0 amide bonds. The number of nitrogens with zero attached hydrogens (tertiary/aromatic N) is 1. The van der Waals surface area contributed by atoms with Crippen LogP contribution in [0.3, 0.4) is 0 Å². The summed E-state index contributed by atoms with van der Waals surface area (Å²) in [6, 6.07) is 12.5. The van der Waals surface area contributed by atoms with Crippen molar-refractivity contribution < 1.29 is 22.4 Å². The first kappa shape index (κ1) is 18.2. The molecular weight excluding hydrogens is 354 g/mol. The molecule has 1 saturated carbocycles. The Morgan fingerprint density at radius 1 is 1.15 bits per heavy atom. The Labute approximate surface area is 152 Å². The van der Waals surface area contributed by atoms with Gasteiger partial charge in [0, 0.05) is 11.5 Å². The van der Waals surface area contributed by atoms with E-state index in [1.165, 1.54) is 24.3 Å². The van der Waals surface area contributed by atoms with Gasteiger partial charge in [-0.15, -0.1) is 0 Å². The highest BCUT2D eigenvalue weighted by Crippen LogP contribution is 2.45. The van der Waals surface area contributed by atoms with Gasteiger partial charge in [-0.1, -0.05) is 12.1 Å². The van der Waals surface area contributed by atoms with E-state index in [1.54, 1.807) is 25.1 Å². The van der Waals surface area contributed by atoms with Crippen molar-refractivity contribution in [3.63, 3.8) is 0 Å². The van der Waals surface area contributed by atoms with Crippen LogP contribution in [0.4, 0.5) is 0 Å². The Balaban J connectivity index is 1.82. The minimum absolute atomic E-state index is 0.0164. The lowest BCUT2D eigenvalue weighted by Crippen LogP contribution is -2.16. The SMILES string of the molecule is Cc1cc(OCC2(C[O])CC2)cc(OS(=O)(=O)c2ccccc2C#N)c1. The molecule has 2 aromatic rings. The quantitative estimate of drug-likeness (QED) is 0.695. The summed E-state index contributed by atoms with van der Waals surface area (Å²) in [5, 5.41) is 20.3. The minimum atomic E-state index is -4.15. The summed E-state index contributed by atoms with van der Waals surface area (Å²) in [7, 11) is -4.15. The highest BCUT2D eigenvalue weighted by molar-refractivity contribution is 7.87. The van der Waals surface area contributed by atoms with E-state index in [0.717, 1.165) is 18.4 Å². The maximum atomic E-state index is 12.5. The van der Waals surface area contributed by atoms with Crippen molar-refractivity contribution in [3.05, 3.63) is 53.6 Å². The first-order valence-electron chi connectivity index (χ1n) is 8.14. The molecule has 0 unspecified atom stereocenters. The molecule has 0 aliphatic heterocycles. The maximum absolute atomic E-state index is 12.5. The molecule has 0 N–H and O–H groups in total. The van der Waals surface area contributed by atoms with Gasteiger partial charge >= 0.3 is 10.1 Å². The third-order valence-corrected chi connectivity index (χ3v) is 5.62. The second-order valence-electron chi connectivity index (χ2n) is 6.56. The molecule has 1 fully saturated rings. The van der Waals surface area contributed by atoms with Crippen LogP contribution in [-0.4, -0.2) is 21.6 Å². The van der Waals surface area contributed by atoms with Crippen molar-refractivity contribution in [2.24, 2.45) is 5.41 Å². The van der Waals surface area contributed by atoms with Crippen LogP contribution in [0.25, 0.3) is 0 Å². The third kappa shape index (κ3) is 3.98. The van der Waals surface area contributed by atoms with Crippen molar-refractivity contribution in [1.82, 2.24) is 0 Å². The zero-order valence-corrected chi connectivity index (χ0v) is 15.1. The number of hydrogen-bond donors (Lipinski definition) is 0. The first-order valence-corrected chi connectivity index (χ1v) is 9.55. The lowest BCUT2D eigenvalue weighted by Gasteiger charge is -2.14. The van der Waals surface area contributed by atoms with Crippen LogP contribution in [0.15, 0.2) is 47.4 Å². The molecule has 0 aromatic heterocycles. The highest BCUT2D eigenvalue weighted by Gasteiger charge is 2.43. The number of rotatable bonds is 7. The van der Waals surface area contributed by atoms with E-state index < -0.39 is 10.1 Å². The smallest absolute Gasteiger partial charge is 0.340 e. The van der Waals surface area contributed by atoms with E-state index in [1.807, 2.05) is 6.07 Å². The van der Waals surface area contributed by atoms with Gasteiger partial charge in [0.25, 0.3) is 0 Å². The van der Waals surface area contributed by atoms with Gasteiger partial charge < -0.3 is 8.92 Å². The Hall–Kier alpha value is -2.56. The second kappa shape index (κ2) is 6.98. The third-order valence-electron chi connectivity index (χ3n) is 4.32. The molecule has 0 heterocycles. The Bertz CT molecular complexity index is 958. The standard InChI is InChI=1S/C19H18NO5S/c1-14-8-16(24-13-19(12-21)6-7-19)10-17(9-14)25-26(22,23)18-5-3-2-4-15(18)11-20/h2-5,8-10H,6-7,12-13H2,1H3. The molecule has 0 saturated heterocycles. The molecule has 6 nitrogen and oxygen atoms in total. The molecule has 2 aromatic carbocycles. The zero-order chi connectivity index (χ0) is 18.8. The largest absolute Gasteiger partial charge is 0.493 e. The summed E-state index contributed by atoms with van der Waals surface area (Å²) in [5.74, 6) is 0.545. The van der Waals surface area contributed by atoms with E-state index in [9.17, 15) is 13.5 Å². The molecule has 26 heavy (non-hydrogen) atoms. The van der Waals surface area contributed by atoms with Gasteiger partial charge in [0.2, 0.25) is 0 Å². The van der Waals surface area contributed by atoms with Gasteiger partial charge in [0.05, 0.1) is 18.8 Å². The summed E-state index contributed by atoms with van der Waals surface area (Å²) in [5.41, 5.74) is 0.485. The van der Waals surface area contributed by atoms with Crippen LogP contribution in [0, 0.1) is 23.7 Å². The summed E-state index contributed by atoms with van der Waals surface area (Å²) in [6.07, 6.45) is 1.70. The van der Waals surface area contributed by atoms with E-state index in [4.69, 9.17) is 14.2 Å². The topological polar surface area (TPSA) is 96.3 Å². The molecule has 135 valence electrons. The van der Waals surface area contributed by atoms with E-state index in [2.05, 4.69) is 0 Å². The van der Waals surface area contributed by atoms with Crippen LogP contribution in [-0.2, 0) is 15.2 Å². The highest BCUT2D eigenvalue weighted by atomic mass is 32.2. The molecule has 0 bridgehead atoms. The molecular formula is C19H18NO5S. The average molecular weight is 372 g/mol. The predicted octanol–water partition coefficient (Wildman–Crippen LogP) is 3.22. The lowest BCUT2D eigenvalue weighted by atomic mass is 10.1. The number of hydrogen-bond acceptors (Lipinski definition) is 5. The summed E-state index contributed by atoms with van der Waals surface area (Å²) < 4.78 is 35.9. The fourth-order valence-electron chi connectivity index (χ4n) is 2.54. The molecule has 1 radical (unpaired) electrons. The van der Waals surface area contributed by atoms with Crippen LogP contribution >= 0.6 is 0 Å². The Kier molecular flexibility index (Phi) is 4.90. The second-order valence-corrected chi connectivity index (χ2v) is 8.07. The van der Waals surface area contributed by atoms with E-state index in [-0.39, 0.29) is 28.2 Å². The van der Waals surface area contributed by atoms with Crippen LogP contribution in [0.5, 0.6) is 11.5 Å². The van der Waals surface area contributed by atoms with Gasteiger partial charge in [0.15, 0.2) is 0 Å².